The number of carbonyl (C=O) groups is 1. The number of aldehydes is 1. The Bertz CT molecular complexity index is 339. The molecule has 1 aromatic heterocycles. The van der Waals surface area contributed by atoms with E-state index in [-0.39, 0.29) is 0 Å². The van der Waals surface area contributed by atoms with E-state index in [2.05, 4.69) is 4.98 Å². The van der Waals surface area contributed by atoms with Crippen molar-refractivity contribution >= 4 is 16.7 Å². The third-order valence-corrected chi connectivity index (χ3v) is 0.809. The van der Waals surface area contributed by atoms with Gasteiger partial charge in [0.15, 0.2) is 6.29 Å². The van der Waals surface area contributed by atoms with Gasteiger partial charge in [-0.3, -0.25) is 18.9 Å². The highest BCUT2D eigenvalue weighted by atomic mass is 32.3. The molecule has 0 saturated carbocycles. The van der Waals surface area contributed by atoms with Gasteiger partial charge in [-0.2, -0.15) is 8.42 Å². The number of pyridine rings is 1. The van der Waals surface area contributed by atoms with Gasteiger partial charge in [-0.05, 0) is 12.1 Å². The molecule has 0 bridgehead atoms. The zero-order valence-corrected chi connectivity index (χ0v) is 7.18. The smallest absolute Gasteiger partial charge is 0.296 e. The predicted octanol–water partition coefficient (Wildman–Crippen LogP) is 0.241. The van der Waals surface area contributed by atoms with Crippen molar-refractivity contribution in [3.8, 4) is 0 Å². The predicted molar refractivity (Wildman–Crippen MR) is 43.8 cm³/mol. The maximum atomic E-state index is 9.94. The number of aromatic nitrogens is 1. The number of hydrogen-bond donors (Lipinski definition) is 2. The second-order valence-electron chi connectivity index (χ2n) is 1.82. The van der Waals surface area contributed by atoms with Gasteiger partial charge in [-0.25, -0.2) is 0 Å². The molecule has 1 aromatic rings. The van der Waals surface area contributed by atoms with Crippen LogP contribution in [0.5, 0.6) is 0 Å². The first-order valence-corrected chi connectivity index (χ1v) is 4.39. The molecule has 0 aromatic carbocycles. The molecule has 6 nitrogen and oxygen atoms in total. The van der Waals surface area contributed by atoms with Crippen LogP contribution in [0.2, 0.25) is 0 Å². The normalized spacial score (nSPS) is 9.69. The molecule has 1 heterocycles. The van der Waals surface area contributed by atoms with Crippen LogP contribution < -0.4 is 0 Å². The number of rotatable bonds is 1. The summed E-state index contributed by atoms with van der Waals surface area (Å²) in [4.78, 5) is 13.7. The summed E-state index contributed by atoms with van der Waals surface area (Å²) in [5.41, 5.74) is 0.479. The van der Waals surface area contributed by atoms with Gasteiger partial charge in [-0.1, -0.05) is 6.07 Å². The van der Waals surface area contributed by atoms with Crippen LogP contribution in [0.25, 0.3) is 0 Å². The first kappa shape index (κ1) is 11.7. The summed E-state index contributed by atoms with van der Waals surface area (Å²) in [6.45, 7) is 0. The van der Waals surface area contributed by atoms with Crippen molar-refractivity contribution in [2.45, 2.75) is 0 Å². The van der Waals surface area contributed by atoms with Crippen LogP contribution in [-0.4, -0.2) is 28.8 Å². The standard InChI is InChI=1S/C6H5NO.H2O4S/c8-5-6-3-1-2-4-7-6;1-5(2,3)4/h1-5H;(H2,1,2,3,4). The molecular formula is C6H7NO5S. The highest BCUT2D eigenvalue weighted by Crippen LogP contribution is 1.85. The molecule has 1 rings (SSSR count). The summed E-state index contributed by atoms with van der Waals surface area (Å²) < 4.78 is 31.6. The van der Waals surface area contributed by atoms with Crippen molar-refractivity contribution in [1.82, 2.24) is 4.98 Å². The van der Waals surface area contributed by atoms with E-state index in [1.807, 2.05) is 0 Å². The molecule has 0 aliphatic rings. The van der Waals surface area contributed by atoms with Gasteiger partial charge in [0.1, 0.15) is 5.69 Å². The molecule has 0 saturated heterocycles. The van der Waals surface area contributed by atoms with Crippen LogP contribution in [0.3, 0.4) is 0 Å². The summed E-state index contributed by atoms with van der Waals surface area (Å²) in [6, 6.07) is 5.21. The molecule has 0 fully saturated rings. The van der Waals surface area contributed by atoms with Crippen molar-refractivity contribution in [2.24, 2.45) is 0 Å². The topological polar surface area (TPSA) is 105 Å². The van der Waals surface area contributed by atoms with Gasteiger partial charge < -0.3 is 0 Å². The molecule has 72 valence electrons. The molecule has 0 aliphatic carbocycles. The summed E-state index contributed by atoms with van der Waals surface area (Å²) >= 11 is 0. The Kier molecular flexibility index (Phi) is 4.82. The van der Waals surface area contributed by atoms with Gasteiger partial charge in [0.25, 0.3) is 0 Å². The Balaban J connectivity index is 0.000000252. The summed E-state index contributed by atoms with van der Waals surface area (Å²) in [6.07, 6.45) is 2.31. The molecule has 0 atom stereocenters. The zero-order chi connectivity index (χ0) is 10.3. The minimum Gasteiger partial charge on any atom is -0.296 e. The van der Waals surface area contributed by atoms with Crippen molar-refractivity contribution in [2.75, 3.05) is 0 Å². The first-order valence-electron chi connectivity index (χ1n) is 2.99. The minimum absolute atomic E-state index is 0.479. The maximum absolute atomic E-state index is 9.94. The summed E-state index contributed by atoms with van der Waals surface area (Å²) in [5, 5.41) is 0. The molecular weight excluding hydrogens is 198 g/mol. The van der Waals surface area contributed by atoms with Crippen molar-refractivity contribution in [1.29, 1.82) is 0 Å². The van der Waals surface area contributed by atoms with Crippen LogP contribution in [0.1, 0.15) is 10.5 Å². The number of nitrogens with zero attached hydrogens (tertiary/aromatic N) is 1. The Morgan fingerprint density at radius 1 is 1.31 bits per heavy atom. The van der Waals surface area contributed by atoms with Gasteiger partial charge in [-0.15, -0.1) is 0 Å². The van der Waals surface area contributed by atoms with Crippen LogP contribution >= 0.6 is 0 Å². The van der Waals surface area contributed by atoms with Crippen LogP contribution in [0.15, 0.2) is 24.4 Å². The quantitative estimate of drug-likeness (QED) is 0.502. The molecule has 0 aliphatic heterocycles. The van der Waals surface area contributed by atoms with Gasteiger partial charge in [0.2, 0.25) is 0 Å². The van der Waals surface area contributed by atoms with Gasteiger partial charge >= 0.3 is 10.4 Å². The van der Waals surface area contributed by atoms with E-state index in [4.69, 9.17) is 17.5 Å². The highest BCUT2D eigenvalue weighted by Gasteiger charge is 1.84. The summed E-state index contributed by atoms with van der Waals surface area (Å²) in [5.74, 6) is 0. The van der Waals surface area contributed by atoms with E-state index < -0.39 is 10.4 Å². The van der Waals surface area contributed by atoms with Gasteiger partial charge in [0.05, 0.1) is 0 Å². The summed E-state index contributed by atoms with van der Waals surface area (Å²) in [7, 11) is -4.67. The SMILES string of the molecule is O=Cc1ccccn1.O=S(=O)(O)O. The number of carbonyl (C=O) groups excluding carboxylic acids is 1. The van der Waals surface area contributed by atoms with Crippen molar-refractivity contribution in [3.63, 3.8) is 0 Å². The third kappa shape index (κ3) is 10.7. The van der Waals surface area contributed by atoms with Crippen molar-refractivity contribution < 1.29 is 22.3 Å². The average molecular weight is 205 g/mol. The molecule has 0 amide bonds. The lowest BCUT2D eigenvalue weighted by Crippen LogP contribution is -1.89. The average Bonchev–Trinajstić information content (AvgIpc) is 2.03. The van der Waals surface area contributed by atoms with E-state index in [0.717, 1.165) is 6.29 Å². The second kappa shape index (κ2) is 5.36. The Hall–Kier alpha value is -1.31. The van der Waals surface area contributed by atoms with Crippen LogP contribution in [0, 0.1) is 0 Å². The minimum atomic E-state index is -4.67. The lowest BCUT2D eigenvalue weighted by molar-refractivity contribution is 0.111. The molecule has 0 radical (unpaired) electrons. The fourth-order valence-corrected chi connectivity index (χ4v) is 0.446. The Labute approximate surface area is 74.8 Å². The Morgan fingerprint density at radius 3 is 2.08 bits per heavy atom. The van der Waals surface area contributed by atoms with Crippen molar-refractivity contribution in [3.05, 3.63) is 30.1 Å². The molecule has 2 N–H and O–H groups in total. The maximum Gasteiger partial charge on any atom is 0.394 e. The third-order valence-electron chi connectivity index (χ3n) is 0.809. The molecule has 0 unspecified atom stereocenters. The van der Waals surface area contributed by atoms with E-state index in [1.54, 1.807) is 24.4 Å². The molecule has 13 heavy (non-hydrogen) atoms. The molecule has 7 heteroatoms. The van der Waals surface area contributed by atoms with E-state index in [1.165, 1.54) is 0 Å². The fourth-order valence-electron chi connectivity index (χ4n) is 0.446. The van der Waals surface area contributed by atoms with E-state index in [0.29, 0.717) is 5.69 Å². The molecule has 0 spiro atoms. The largest absolute Gasteiger partial charge is 0.394 e. The fraction of sp³-hybridized carbons (Fsp3) is 0. The highest BCUT2D eigenvalue weighted by molar-refractivity contribution is 7.79. The zero-order valence-electron chi connectivity index (χ0n) is 6.36. The van der Waals surface area contributed by atoms with Crippen LogP contribution in [-0.2, 0) is 10.4 Å². The first-order chi connectivity index (χ1) is 5.93. The second-order valence-corrected chi connectivity index (χ2v) is 2.72. The van der Waals surface area contributed by atoms with E-state index in [9.17, 15) is 4.79 Å². The van der Waals surface area contributed by atoms with E-state index >= 15 is 0 Å². The lowest BCUT2D eigenvalue weighted by Gasteiger charge is -1.81. The Morgan fingerprint density at radius 2 is 1.85 bits per heavy atom. The number of hydrogen-bond acceptors (Lipinski definition) is 4. The van der Waals surface area contributed by atoms with Gasteiger partial charge in [0, 0.05) is 6.20 Å². The lowest BCUT2D eigenvalue weighted by atomic mass is 10.4. The van der Waals surface area contributed by atoms with Crippen LogP contribution in [0.4, 0.5) is 0 Å². The monoisotopic (exact) mass is 205 g/mol.